The zero-order valence-corrected chi connectivity index (χ0v) is 18.3. The van der Waals surface area contributed by atoms with Crippen LogP contribution in [0.1, 0.15) is 57.8 Å². The number of rotatable bonds is 7. The highest BCUT2D eigenvalue weighted by Gasteiger charge is 2.35. The van der Waals surface area contributed by atoms with Crippen molar-refractivity contribution in [3.8, 4) is 0 Å². The molecule has 29 heavy (non-hydrogen) atoms. The summed E-state index contributed by atoms with van der Waals surface area (Å²) in [5, 5.41) is 6.01. The van der Waals surface area contributed by atoms with E-state index in [2.05, 4.69) is 24.5 Å². The molecule has 2 rings (SSSR count). The standard InChI is InChI=1S/C23H35N3O3/c1-15(2)17(5)24-22(28)20(25-21(27)19-9-7-6-8-10-19)18-11-13-26(14-12-18)23(29)16(3)4/h6-10,15-18,20H,11-14H2,1-5H3,(H,24,28)(H,25,27). The molecule has 1 heterocycles. The van der Waals surface area contributed by atoms with Gasteiger partial charge >= 0.3 is 0 Å². The van der Waals surface area contributed by atoms with Crippen LogP contribution >= 0.6 is 0 Å². The molecule has 160 valence electrons. The molecule has 2 N–H and O–H groups in total. The minimum atomic E-state index is -0.611. The monoisotopic (exact) mass is 401 g/mol. The van der Waals surface area contributed by atoms with Crippen LogP contribution in [0.25, 0.3) is 0 Å². The van der Waals surface area contributed by atoms with Gasteiger partial charge in [-0.1, -0.05) is 45.9 Å². The van der Waals surface area contributed by atoms with Crippen molar-refractivity contribution in [2.45, 2.75) is 59.5 Å². The van der Waals surface area contributed by atoms with Crippen LogP contribution in [0.5, 0.6) is 0 Å². The van der Waals surface area contributed by atoms with Crippen molar-refractivity contribution in [1.29, 1.82) is 0 Å². The summed E-state index contributed by atoms with van der Waals surface area (Å²) in [5.74, 6) is 0.0162. The molecule has 6 nitrogen and oxygen atoms in total. The van der Waals surface area contributed by atoms with Gasteiger partial charge < -0.3 is 15.5 Å². The lowest BCUT2D eigenvalue weighted by atomic mass is 9.87. The molecule has 1 aliphatic rings. The van der Waals surface area contributed by atoms with Crippen LogP contribution in [-0.2, 0) is 9.59 Å². The quantitative estimate of drug-likeness (QED) is 0.737. The van der Waals surface area contributed by atoms with E-state index >= 15 is 0 Å². The summed E-state index contributed by atoms with van der Waals surface area (Å²) in [6, 6.07) is 8.35. The molecular weight excluding hydrogens is 366 g/mol. The maximum Gasteiger partial charge on any atom is 0.251 e. The van der Waals surface area contributed by atoms with Gasteiger partial charge in [0.2, 0.25) is 11.8 Å². The smallest absolute Gasteiger partial charge is 0.251 e. The maximum absolute atomic E-state index is 13.0. The summed E-state index contributed by atoms with van der Waals surface area (Å²) in [4.78, 5) is 39.9. The van der Waals surface area contributed by atoms with Crippen molar-refractivity contribution in [3.05, 3.63) is 35.9 Å². The van der Waals surface area contributed by atoms with Crippen LogP contribution < -0.4 is 10.6 Å². The lowest BCUT2D eigenvalue weighted by molar-refractivity contribution is -0.136. The van der Waals surface area contributed by atoms with Crippen molar-refractivity contribution in [1.82, 2.24) is 15.5 Å². The zero-order valence-electron chi connectivity index (χ0n) is 18.3. The second-order valence-electron chi connectivity index (χ2n) is 8.68. The van der Waals surface area contributed by atoms with Gasteiger partial charge in [0.05, 0.1) is 0 Å². The predicted octanol–water partition coefficient (Wildman–Crippen LogP) is 2.84. The third-order valence-electron chi connectivity index (χ3n) is 5.79. The number of hydrogen-bond acceptors (Lipinski definition) is 3. The van der Waals surface area contributed by atoms with Crippen LogP contribution in [-0.4, -0.2) is 47.8 Å². The van der Waals surface area contributed by atoms with Gasteiger partial charge in [0.1, 0.15) is 6.04 Å². The fourth-order valence-corrected chi connectivity index (χ4v) is 3.51. The number of likely N-dealkylation sites (tertiary alicyclic amines) is 1. The van der Waals surface area contributed by atoms with E-state index in [9.17, 15) is 14.4 Å². The van der Waals surface area contributed by atoms with Crippen LogP contribution in [0.15, 0.2) is 30.3 Å². The number of carbonyl (C=O) groups excluding carboxylic acids is 3. The average Bonchev–Trinajstić information content (AvgIpc) is 2.71. The van der Waals surface area contributed by atoms with Gasteiger partial charge in [0, 0.05) is 30.6 Å². The Hall–Kier alpha value is -2.37. The number of piperidine rings is 1. The highest BCUT2D eigenvalue weighted by molar-refractivity contribution is 5.97. The Bertz CT molecular complexity index is 695. The topological polar surface area (TPSA) is 78.5 Å². The van der Waals surface area contributed by atoms with Gasteiger partial charge in [-0.15, -0.1) is 0 Å². The van der Waals surface area contributed by atoms with E-state index in [1.165, 1.54) is 0 Å². The van der Waals surface area contributed by atoms with Crippen molar-refractivity contribution in [2.24, 2.45) is 17.8 Å². The Morgan fingerprint density at radius 1 is 0.931 bits per heavy atom. The molecule has 0 saturated carbocycles. The van der Waals surface area contributed by atoms with E-state index < -0.39 is 6.04 Å². The molecule has 1 aromatic rings. The summed E-state index contributed by atoms with van der Waals surface area (Å²) in [7, 11) is 0. The van der Waals surface area contributed by atoms with E-state index in [0.29, 0.717) is 37.4 Å². The minimum absolute atomic E-state index is 0.00163. The fourth-order valence-electron chi connectivity index (χ4n) is 3.51. The molecular formula is C23H35N3O3. The van der Waals surface area contributed by atoms with Gasteiger partial charge in [-0.2, -0.15) is 0 Å². The molecule has 0 radical (unpaired) electrons. The molecule has 0 spiro atoms. The lowest BCUT2D eigenvalue weighted by Gasteiger charge is -2.37. The van der Waals surface area contributed by atoms with E-state index in [0.717, 1.165) is 0 Å². The third-order valence-corrected chi connectivity index (χ3v) is 5.79. The first-order chi connectivity index (χ1) is 13.7. The van der Waals surface area contributed by atoms with Gasteiger partial charge in [0.15, 0.2) is 0 Å². The highest BCUT2D eigenvalue weighted by Crippen LogP contribution is 2.23. The van der Waals surface area contributed by atoms with Gasteiger partial charge in [0.25, 0.3) is 5.91 Å². The molecule has 1 aromatic carbocycles. The Morgan fingerprint density at radius 2 is 1.52 bits per heavy atom. The van der Waals surface area contributed by atoms with E-state index in [1.807, 2.05) is 31.7 Å². The van der Waals surface area contributed by atoms with Crippen molar-refractivity contribution in [2.75, 3.05) is 13.1 Å². The molecule has 1 fully saturated rings. The molecule has 1 aliphatic heterocycles. The van der Waals surface area contributed by atoms with Crippen LogP contribution in [0.2, 0.25) is 0 Å². The lowest BCUT2D eigenvalue weighted by Crippen LogP contribution is -2.55. The van der Waals surface area contributed by atoms with Crippen molar-refractivity contribution >= 4 is 17.7 Å². The molecule has 1 saturated heterocycles. The second kappa shape index (κ2) is 10.4. The van der Waals surface area contributed by atoms with Crippen LogP contribution in [0.3, 0.4) is 0 Å². The Morgan fingerprint density at radius 3 is 2.03 bits per heavy atom. The number of benzene rings is 1. The maximum atomic E-state index is 13.0. The van der Waals surface area contributed by atoms with Gasteiger partial charge in [-0.05, 0) is 43.7 Å². The summed E-state index contributed by atoms with van der Waals surface area (Å²) >= 11 is 0. The second-order valence-corrected chi connectivity index (χ2v) is 8.68. The van der Waals surface area contributed by atoms with Crippen molar-refractivity contribution < 1.29 is 14.4 Å². The molecule has 0 bridgehead atoms. The molecule has 0 aromatic heterocycles. The summed E-state index contributed by atoms with van der Waals surface area (Å²) in [6.45, 7) is 11.1. The molecule has 2 atom stereocenters. The Kier molecular flexibility index (Phi) is 8.23. The average molecular weight is 402 g/mol. The van der Waals surface area contributed by atoms with Crippen LogP contribution in [0, 0.1) is 17.8 Å². The molecule has 0 aliphatic carbocycles. The van der Waals surface area contributed by atoms with E-state index in [4.69, 9.17) is 0 Å². The first-order valence-corrected chi connectivity index (χ1v) is 10.7. The van der Waals surface area contributed by atoms with Gasteiger partial charge in [-0.3, -0.25) is 14.4 Å². The largest absolute Gasteiger partial charge is 0.352 e. The number of hydrogen-bond donors (Lipinski definition) is 2. The van der Waals surface area contributed by atoms with Crippen LogP contribution in [0.4, 0.5) is 0 Å². The molecule has 2 unspecified atom stereocenters. The first kappa shape index (κ1) is 22.9. The number of amides is 3. The molecule has 3 amide bonds. The number of carbonyl (C=O) groups is 3. The molecule has 6 heteroatoms. The Labute approximate surface area is 174 Å². The normalized spacial score (nSPS) is 17.1. The summed E-state index contributed by atoms with van der Waals surface area (Å²) < 4.78 is 0. The minimum Gasteiger partial charge on any atom is -0.352 e. The van der Waals surface area contributed by atoms with E-state index in [-0.39, 0.29) is 35.6 Å². The SMILES string of the molecule is CC(C)C(=O)N1CCC(C(NC(=O)c2ccccc2)C(=O)NC(C)C(C)C)CC1. The van der Waals surface area contributed by atoms with Crippen molar-refractivity contribution in [3.63, 3.8) is 0 Å². The summed E-state index contributed by atoms with van der Waals surface area (Å²) in [5.41, 5.74) is 0.537. The Balaban J connectivity index is 2.11. The highest BCUT2D eigenvalue weighted by atomic mass is 16.2. The van der Waals surface area contributed by atoms with Gasteiger partial charge in [-0.25, -0.2) is 0 Å². The third kappa shape index (κ3) is 6.31. The summed E-state index contributed by atoms with van der Waals surface area (Å²) in [6.07, 6.45) is 1.39. The predicted molar refractivity (Wildman–Crippen MR) is 114 cm³/mol. The fraction of sp³-hybridized carbons (Fsp3) is 0.609. The number of nitrogens with one attached hydrogen (secondary N) is 2. The zero-order chi connectivity index (χ0) is 21.6. The number of nitrogens with zero attached hydrogens (tertiary/aromatic N) is 1. The first-order valence-electron chi connectivity index (χ1n) is 10.7. The van der Waals surface area contributed by atoms with E-state index in [1.54, 1.807) is 24.3 Å².